The van der Waals surface area contributed by atoms with Crippen LogP contribution in [0, 0.1) is 5.92 Å². The van der Waals surface area contributed by atoms with Crippen LogP contribution in [0.3, 0.4) is 0 Å². The Morgan fingerprint density at radius 2 is 1.61 bits per heavy atom. The molecule has 0 radical (unpaired) electrons. The molecule has 1 atom stereocenters. The van der Waals surface area contributed by atoms with E-state index in [4.69, 9.17) is 0 Å². The minimum Gasteiger partial charge on any atom is -0.339 e. The predicted molar refractivity (Wildman–Crippen MR) is 117 cm³/mol. The van der Waals surface area contributed by atoms with Gasteiger partial charge in [0.25, 0.3) is 5.91 Å². The zero-order valence-electron chi connectivity index (χ0n) is 17.8. The summed E-state index contributed by atoms with van der Waals surface area (Å²) in [7, 11) is 0. The van der Waals surface area contributed by atoms with Crippen molar-refractivity contribution in [1.82, 2.24) is 4.90 Å². The molecular formula is C24H24F3N3O3. The molecule has 1 saturated carbocycles. The normalized spacial score (nSPS) is 19.1. The van der Waals surface area contributed by atoms with Crippen molar-refractivity contribution in [3.05, 3.63) is 59.7 Å². The molecule has 0 unspecified atom stereocenters. The van der Waals surface area contributed by atoms with E-state index in [1.54, 1.807) is 12.1 Å². The molecule has 0 spiro atoms. The molecule has 4 rings (SSSR count). The summed E-state index contributed by atoms with van der Waals surface area (Å²) < 4.78 is 38.7. The summed E-state index contributed by atoms with van der Waals surface area (Å²) in [6.45, 7) is 0.394. The number of carbonyl (C=O) groups is 3. The zero-order chi connectivity index (χ0) is 23.6. The van der Waals surface area contributed by atoms with E-state index < -0.39 is 23.6 Å². The number of benzene rings is 2. The Hall–Kier alpha value is -3.36. The molecule has 2 aromatic carbocycles. The van der Waals surface area contributed by atoms with Crippen LogP contribution in [0.25, 0.3) is 0 Å². The maximum atomic E-state index is 12.9. The molecule has 9 heteroatoms. The number of likely N-dealkylation sites (tertiary alicyclic amines) is 1. The number of hydrogen-bond acceptors (Lipinski definition) is 3. The highest BCUT2D eigenvalue weighted by Crippen LogP contribution is 2.31. The van der Waals surface area contributed by atoms with Gasteiger partial charge in [-0.3, -0.25) is 14.4 Å². The first-order valence-corrected chi connectivity index (χ1v) is 10.9. The van der Waals surface area contributed by atoms with Gasteiger partial charge in [-0.15, -0.1) is 0 Å². The Morgan fingerprint density at radius 1 is 0.939 bits per heavy atom. The number of carbonyl (C=O) groups excluding carboxylic acids is 3. The van der Waals surface area contributed by atoms with Gasteiger partial charge in [-0.05, 0) is 49.2 Å². The molecule has 6 nitrogen and oxygen atoms in total. The van der Waals surface area contributed by atoms with Crippen LogP contribution in [0.2, 0.25) is 0 Å². The molecule has 1 aliphatic heterocycles. The highest BCUT2D eigenvalue weighted by atomic mass is 19.4. The Labute approximate surface area is 189 Å². The van der Waals surface area contributed by atoms with Crippen LogP contribution in [-0.2, 0) is 15.8 Å². The number of hydrogen-bond donors (Lipinski definition) is 2. The number of halogens is 3. The van der Waals surface area contributed by atoms with Crippen molar-refractivity contribution in [3.63, 3.8) is 0 Å². The fourth-order valence-corrected chi connectivity index (χ4v) is 4.44. The monoisotopic (exact) mass is 459 g/mol. The third-order valence-corrected chi connectivity index (χ3v) is 6.13. The van der Waals surface area contributed by atoms with Gasteiger partial charge in [0.05, 0.1) is 11.5 Å². The topological polar surface area (TPSA) is 78.5 Å². The Bertz CT molecular complexity index is 1060. The summed E-state index contributed by atoms with van der Waals surface area (Å²) in [5.74, 6) is -1.36. The van der Waals surface area contributed by atoms with E-state index in [2.05, 4.69) is 10.6 Å². The second-order valence-corrected chi connectivity index (χ2v) is 8.49. The average molecular weight is 459 g/mol. The third-order valence-electron chi connectivity index (χ3n) is 6.13. The maximum Gasteiger partial charge on any atom is 0.416 e. The number of nitrogens with zero attached hydrogens (tertiary/aromatic N) is 1. The summed E-state index contributed by atoms with van der Waals surface area (Å²) in [5, 5.41) is 5.20. The van der Waals surface area contributed by atoms with Gasteiger partial charge >= 0.3 is 6.18 Å². The van der Waals surface area contributed by atoms with Crippen molar-refractivity contribution >= 4 is 29.1 Å². The van der Waals surface area contributed by atoms with Crippen LogP contribution >= 0.6 is 0 Å². The van der Waals surface area contributed by atoms with Crippen LogP contribution in [0.15, 0.2) is 48.5 Å². The summed E-state index contributed by atoms with van der Waals surface area (Å²) in [6, 6.07) is 10.7. The highest BCUT2D eigenvalue weighted by molar-refractivity contribution is 6.05. The van der Waals surface area contributed by atoms with Gasteiger partial charge in [0, 0.05) is 35.9 Å². The molecular weight excluding hydrogens is 435 g/mol. The Kier molecular flexibility index (Phi) is 6.40. The van der Waals surface area contributed by atoms with E-state index in [1.165, 1.54) is 24.3 Å². The van der Waals surface area contributed by atoms with E-state index in [0.717, 1.165) is 37.8 Å². The molecule has 2 aromatic rings. The lowest BCUT2D eigenvalue weighted by Gasteiger charge is -2.23. The second-order valence-electron chi connectivity index (χ2n) is 8.49. The molecule has 2 fully saturated rings. The molecule has 3 amide bonds. The van der Waals surface area contributed by atoms with Gasteiger partial charge in [0.1, 0.15) is 0 Å². The lowest BCUT2D eigenvalue weighted by atomic mass is 10.1. The number of anilines is 2. The van der Waals surface area contributed by atoms with E-state index in [9.17, 15) is 27.6 Å². The van der Waals surface area contributed by atoms with Gasteiger partial charge in [-0.2, -0.15) is 13.2 Å². The lowest BCUT2D eigenvalue weighted by Crippen LogP contribution is -2.35. The quantitative estimate of drug-likeness (QED) is 0.681. The summed E-state index contributed by atoms with van der Waals surface area (Å²) in [6.07, 6.45) is -0.203. The number of nitrogens with one attached hydrogen (secondary N) is 2. The molecule has 1 heterocycles. The first kappa shape index (κ1) is 22.8. The smallest absolute Gasteiger partial charge is 0.339 e. The zero-order valence-corrected chi connectivity index (χ0v) is 17.8. The van der Waals surface area contributed by atoms with Crippen LogP contribution in [-0.4, -0.2) is 35.2 Å². The molecule has 174 valence electrons. The molecule has 2 aliphatic rings. The maximum absolute atomic E-state index is 12.9. The molecule has 1 aliphatic carbocycles. The van der Waals surface area contributed by atoms with Crippen molar-refractivity contribution in [3.8, 4) is 0 Å². The Balaban J connectivity index is 1.39. The fraction of sp³-hybridized carbons (Fsp3) is 0.375. The van der Waals surface area contributed by atoms with Gasteiger partial charge in [0.15, 0.2) is 0 Å². The lowest BCUT2D eigenvalue weighted by molar-refractivity contribution is -0.137. The largest absolute Gasteiger partial charge is 0.416 e. The molecule has 0 aromatic heterocycles. The van der Waals surface area contributed by atoms with Crippen LogP contribution in [0.5, 0.6) is 0 Å². The standard InChI is InChI=1S/C24H24F3N3O3/c25-24(26,27)17-6-4-8-19(13-17)29-22(32)15-5-3-7-18(11-15)28-23(33)16-12-21(31)30(14-16)20-9-1-2-10-20/h3-8,11,13,16,20H,1-2,9-10,12,14H2,(H,28,33)(H,29,32)/t16-/m1/s1. The van der Waals surface area contributed by atoms with Crippen molar-refractivity contribution in [2.24, 2.45) is 5.92 Å². The minimum atomic E-state index is -4.51. The number of rotatable bonds is 5. The molecule has 2 N–H and O–H groups in total. The average Bonchev–Trinajstić information content (AvgIpc) is 3.43. The van der Waals surface area contributed by atoms with E-state index in [0.29, 0.717) is 12.2 Å². The van der Waals surface area contributed by atoms with Crippen LogP contribution in [0.4, 0.5) is 24.5 Å². The van der Waals surface area contributed by atoms with Crippen LogP contribution in [0.1, 0.15) is 48.0 Å². The van der Waals surface area contributed by atoms with Gasteiger partial charge in [0.2, 0.25) is 11.8 Å². The fourth-order valence-electron chi connectivity index (χ4n) is 4.44. The van der Waals surface area contributed by atoms with Crippen molar-refractivity contribution < 1.29 is 27.6 Å². The molecule has 33 heavy (non-hydrogen) atoms. The summed E-state index contributed by atoms with van der Waals surface area (Å²) >= 11 is 0. The molecule has 0 bridgehead atoms. The number of amides is 3. The van der Waals surface area contributed by atoms with Crippen LogP contribution < -0.4 is 10.6 Å². The SMILES string of the molecule is O=C(Nc1cccc(C(F)(F)F)c1)c1cccc(NC(=O)[C@@H]2CC(=O)N(C3CCCC3)C2)c1. The summed E-state index contributed by atoms with van der Waals surface area (Å²) in [4.78, 5) is 39.4. The van der Waals surface area contributed by atoms with Gasteiger partial charge < -0.3 is 15.5 Å². The van der Waals surface area contributed by atoms with Crippen molar-refractivity contribution in [2.45, 2.75) is 44.3 Å². The number of alkyl halides is 3. The van der Waals surface area contributed by atoms with Crippen molar-refractivity contribution in [2.75, 3.05) is 17.2 Å². The van der Waals surface area contributed by atoms with Gasteiger partial charge in [-0.1, -0.05) is 25.0 Å². The Morgan fingerprint density at radius 3 is 2.30 bits per heavy atom. The predicted octanol–water partition coefficient (Wildman–Crippen LogP) is 4.69. The first-order valence-electron chi connectivity index (χ1n) is 10.9. The third kappa shape index (κ3) is 5.35. The van der Waals surface area contributed by atoms with E-state index in [-0.39, 0.29) is 35.5 Å². The first-order chi connectivity index (χ1) is 15.7. The summed E-state index contributed by atoms with van der Waals surface area (Å²) in [5.41, 5.74) is -0.288. The van der Waals surface area contributed by atoms with E-state index >= 15 is 0 Å². The molecule has 1 saturated heterocycles. The highest BCUT2D eigenvalue weighted by Gasteiger charge is 2.38. The van der Waals surface area contributed by atoms with Crippen molar-refractivity contribution in [1.29, 1.82) is 0 Å². The van der Waals surface area contributed by atoms with E-state index in [1.807, 2.05) is 4.90 Å². The van der Waals surface area contributed by atoms with Gasteiger partial charge in [-0.25, -0.2) is 0 Å². The second kappa shape index (κ2) is 9.25. The minimum absolute atomic E-state index is 0.00346.